The topological polar surface area (TPSA) is 39.9 Å². The maximum atomic E-state index is 5.60. The zero-order valence-corrected chi connectivity index (χ0v) is 13.5. The molecule has 2 aromatic heterocycles. The minimum atomic E-state index is 0.553. The Morgan fingerprint density at radius 2 is 2.00 bits per heavy atom. The van der Waals surface area contributed by atoms with Crippen LogP contribution < -0.4 is 0 Å². The summed E-state index contributed by atoms with van der Waals surface area (Å²) >= 11 is 0. The number of rotatable bonds is 6. The molecule has 0 aliphatic heterocycles. The summed E-state index contributed by atoms with van der Waals surface area (Å²) in [6.07, 6.45) is 3.00. The Bertz CT molecular complexity index is 776. The van der Waals surface area contributed by atoms with Gasteiger partial charge in [-0.25, -0.2) is 4.98 Å². The van der Waals surface area contributed by atoms with Crippen molar-refractivity contribution < 1.29 is 4.74 Å². The third-order valence-electron chi connectivity index (χ3n) is 3.92. The van der Waals surface area contributed by atoms with E-state index in [1.807, 2.05) is 19.2 Å². The van der Waals surface area contributed by atoms with Gasteiger partial charge in [-0.3, -0.25) is 4.98 Å². The summed E-state index contributed by atoms with van der Waals surface area (Å²) in [6.45, 7) is 8.73. The van der Waals surface area contributed by atoms with Gasteiger partial charge in [0, 0.05) is 18.5 Å². The first-order valence-electron chi connectivity index (χ1n) is 8.01. The van der Waals surface area contributed by atoms with Crippen molar-refractivity contribution in [2.45, 2.75) is 40.3 Å². The Hall–Kier alpha value is -1.94. The molecule has 0 amide bonds. The highest BCUT2D eigenvalue weighted by atomic mass is 16.5. The van der Waals surface area contributed by atoms with E-state index in [1.165, 1.54) is 10.9 Å². The van der Waals surface area contributed by atoms with Gasteiger partial charge < -0.3 is 9.30 Å². The van der Waals surface area contributed by atoms with Crippen LogP contribution in [0.5, 0.6) is 0 Å². The molecule has 0 N–H and O–H groups in total. The lowest BCUT2D eigenvalue weighted by Gasteiger charge is -2.12. The molecule has 116 valence electrons. The number of nitrogens with zero attached hydrogens (tertiary/aromatic N) is 3. The van der Waals surface area contributed by atoms with E-state index in [0.29, 0.717) is 19.1 Å². The Kier molecular flexibility index (Phi) is 4.39. The number of aromatic nitrogens is 3. The molecule has 0 spiro atoms. The van der Waals surface area contributed by atoms with Gasteiger partial charge in [-0.2, -0.15) is 0 Å². The zero-order valence-electron chi connectivity index (χ0n) is 13.5. The second-order valence-corrected chi connectivity index (χ2v) is 6.01. The Balaban J connectivity index is 2.17. The molecule has 0 aliphatic carbocycles. The zero-order chi connectivity index (χ0) is 15.5. The van der Waals surface area contributed by atoms with Crippen LogP contribution in [-0.4, -0.2) is 21.1 Å². The number of hydrogen-bond donors (Lipinski definition) is 0. The first kappa shape index (κ1) is 15.0. The van der Waals surface area contributed by atoms with Gasteiger partial charge in [-0.05, 0) is 25.3 Å². The Morgan fingerprint density at radius 3 is 2.77 bits per heavy atom. The van der Waals surface area contributed by atoms with Crippen LogP contribution in [0.15, 0.2) is 30.5 Å². The number of aryl methyl sites for hydroxylation is 1. The number of para-hydroxylation sites is 1. The fourth-order valence-electron chi connectivity index (χ4n) is 2.74. The van der Waals surface area contributed by atoms with Crippen molar-refractivity contribution in [3.63, 3.8) is 0 Å². The minimum absolute atomic E-state index is 0.553. The summed E-state index contributed by atoms with van der Waals surface area (Å²) in [5.74, 6) is 1.65. The van der Waals surface area contributed by atoms with E-state index >= 15 is 0 Å². The third-order valence-corrected chi connectivity index (χ3v) is 3.92. The van der Waals surface area contributed by atoms with E-state index in [-0.39, 0.29) is 0 Å². The molecular formula is C18H23N3O. The molecule has 4 heteroatoms. The molecule has 2 heterocycles. The quantitative estimate of drug-likeness (QED) is 0.685. The predicted octanol–water partition coefficient (Wildman–Crippen LogP) is 4.17. The number of fused-ring (bicyclic) bond motifs is 3. The second kappa shape index (κ2) is 6.44. The minimum Gasteiger partial charge on any atom is -0.374 e. The summed E-state index contributed by atoms with van der Waals surface area (Å²) in [5, 5.41) is 1.17. The van der Waals surface area contributed by atoms with Crippen molar-refractivity contribution in [1.29, 1.82) is 0 Å². The fraction of sp³-hybridized carbons (Fsp3) is 0.444. The summed E-state index contributed by atoms with van der Waals surface area (Å²) in [7, 11) is 0. The number of benzene rings is 1. The summed E-state index contributed by atoms with van der Waals surface area (Å²) in [4.78, 5) is 9.28. The van der Waals surface area contributed by atoms with E-state index in [4.69, 9.17) is 9.72 Å². The lowest BCUT2D eigenvalue weighted by atomic mass is 10.1. The molecule has 4 nitrogen and oxygen atoms in total. The molecular weight excluding hydrogens is 274 g/mol. The number of imidazole rings is 1. The summed E-state index contributed by atoms with van der Waals surface area (Å²) in [5.41, 5.74) is 3.15. The largest absolute Gasteiger partial charge is 0.374 e. The number of hydrogen-bond acceptors (Lipinski definition) is 3. The molecule has 0 fully saturated rings. The van der Waals surface area contributed by atoms with E-state index < -0.39 is 0 Å². The fourth-order valence-corrected chi connectivity index (χ4v) is 2.74. The third kappa shape index (κ3) is 2.83. The molecule has 3 aromatic rings. The first-order chi connectivity index (χ1) is 10.7. The smallest absolute Gasteiger partial charge is 0.136 e. The van der Waals surface area contributed by atoms with Crippen LogP contribution in [0.4, 0.5) is 0 Å². The number of ether oxygens (including phenoxy) is 1. The van der Waals surface area contributed by atoms with Crippen LogP contribution in [0, 0.1) is 5.92 Å². The highest BCUT2D eigenvalue weighted by Gasteiger charge is 2.14. The van der Waals surface area contributed by atoms with Crippen molar-refractivity contribution in [3.8, 4) is 0 Å². The molecule has 3 rings (SSSR count). The maximum absolute atomic E-state index is 5.60. The standard InChI is InChI=1S/C18H23N3O/c1-4-22-12-17-20-16-11-19-15-8-6-5-7-14(15)18(16)21(17)10-9-13(2)3/h5-8,11,13H,4,9-10,12H2,1-3H3. The molecule has 22 heavy (non-hydrogen) atoms. The van der Waals surface area contributed by atoms with Crippen LogP contribution in [0.1, 0.15) is 33.0 Å². The summed E-state index contributed by atoms with van der Waals surface area (Å²) in [6, 6.07) is 8.27. The lowest BCUT2D eigenvalue weighted by Crippen LogP contribution is -2.08. The summed E-state index contributed by atoms with van der Waals surface area (Å²) < 4.78 is 7.92. The molecule has 0 aliphatic rings. The van der Waals surface area contributed by atoms with E-state index in [0.717, 1.165) is 29.8 Å². The van der Waals surface area contributed by atoms with Crippen molar-refractivity contribution in [2.75, 3.05) is 6.61 Å². The highest BCUT2D eigenvalue weighted by Crippen LogP contribution is 2.25. The van der Waals surface area contributed by atoms with Gasteiger partial charge in [0.2, 0.25) is 0 Å². The maximum Gasteiger partial charge on any atom is 0.136 e. The molecule has 1 aromatic carbocycles. The predicted molar refractivity (Wildman–Crippen MR) is 89.8 cm³/mol. The normalized spacial score (nSPS) is 11.8. The van der Waals surface area contributed by atoms with Gasteiger partial charge in [-0.1, -0.05) is 32.0 Å². The average molecular weight is 297 g/mol. The molecule has 0 radical (unpaired) electrons. The van der Waals surface area contributed by atoms with Crippen molar-refractivity contribution in [3.05, 3.63) is 36.3 Å². The van der Waals surface area contributed by atoms with Gasteiger partial charge in [0.05, 0.1) is 17.2 Å². The Labute approximate surface area is 131 Å². The van der Waals surface area contributed by atoms with Crippen LogP contribution >= 0.6 is 0 Å². The van der Waals surface area contributed by atoms with Gasteiger partial charge in [0.25, 0.3) is 0 Å². The lowest BCUT2D eigenvalue weighted by molar-refractivity contribution is 0.125. The van der Waals surface area contributed by atoms with Crippen molar-refractivity contribution >= 4 is 21.9 Å². The molecule has 0 saturated heterocycles. The monoisotopic (exact) mass is 297 g/mol. The van der Waals surface area contributed by atoms with Crippen LogP contribution in [-0.2, 0) is 17.9 Å². The van der Waals surface area contributed by atoms with Crippen LogP contribution in [0.2, 0.25) is 0 Å². The van der Waals surface area contributed by atoms with Gasteiger partial charge in [0.1, 0.15) is 17.9 Å². The number of pyridine rings is 1. The highest BCUT2D eigenvalue weighted by molar-refractivity contribution is 6.02. The molecule has 0 unspecified atom stereocenters. The van der Waals surface area contributed by atoms with Gasteiger partial charge >= 0.3 is 0 Å². The SMILES string of the molecule is CCOCc1nc2cnc3ccccc3c2n1CCC(C)C. The van der Waals surface area contributed by atoms with E-state index in [1.54, 1.807) is 0 Å². The van der Waals surface area contributed by atoms with E-state index in [2.05, 4.69) is 41.6 Å². The first-order valence-corrected chi connectivity index (χ1v) is 8.01. The van der Waals surface area contributed by atoms with Crippen LogP contribution in [0.3, 0.4) is 0 Å². The van der Waals surface area contributed by atoms with Crippen molar-refractivity contribution in [1.82, 2.24) is 14.5 Å². The molecule has 0 saturated carbocycles. The average Bonchev–Trinajstić information content (AvgIpc) is 2.88. The molecule has 0 bridgehead atoms. The van der Waals surface area contributed by atoms with Gasteiger partial charge in [0.15, 0.2) is 0 Å². The van der Waals surface area contributed by atoms with Gasteiger partial charge in [-0.15, -0.1) is 0 Å². The van der Waals surface area contributed by atoms with Crippen LogP contribution in [0.25, 0.3) is 21.9 Å². The van der Waals surface area contributed by atoms with Crippen molar-refractivity contribution in [2.24, 2.45) is 5.92 Å². The second-order valence-electron chi connectivity index (χ2n) is 6.01. The Morgan fingerprint density at radius 1 is 1.18 bits per heavy atom. The van der Waals surface area contributed by atoms with E-state index in [9.17, 15) is 0 Å². The molecule has 0 atom stereocenters.